The minimum atomic E-state index is -0.783. The molecule has 6 nitrogen and oxygen atoms in total. The van der Waals surface area contributed by atoms with Crippen LogP contribution in [0.5, 0.6) is 0 Å². The first-order valence-corrected chi connectivity index (χ1v) is 29.9. The van der Waals surface area contributed by atoms with Crippen molar-refractivity contribution in [2.24, 2.45) is 0 Å². The number of unbranched alkanes of at least 4 members (excludes halogenated alkanes) is 31. The summed E-state index contributed by atoms with van der Waals surface area (Å²) in [7, 11) is 0. The standard InChI is InChI=1S/C64H112O6/c1-4-7-10-13-16-19-22-24-26-28-30-31-32-33-34-36-37-39-42-45-48-51-54-57-63(66)69-60-61(59-68-62(65)56-53-50-47-44-41-21-18-15-12-9-6-3)70-64(67)58-55-52-49-46-43-40-38-35-29-27-25-23-20-17-14-11-8-5-2/h7,10,16,19,24,26,30-31,33-34,37,39,61H,4-6,8-9,11-15,17-18,20-23,25,27-29,32,35-36,38,40-60H2,1-3H3/b10-7-,19-16-,26-24-,31-30-,34-33-,39-37-. The zero-order chi connectivity index (χ0) is 50.7. The average molecular weight is 978 g/mol. The molecule has 0 aromatic carbocycles. The van der Waals surface area contributed by atoms with Crippen LogP contribution in [0.4, 0.5) is 0 Å². The summed E-state index contributed by atoms with van der Waals surface area (Å²) in [6.07, 6.45) is 74.7. The summed E-state index contributed by atoms with van der Waals surface area (Å²) < 4.78 is 16.9. The van der Waals surface area contributed by atoms with E-state index in [0.29, 0.717) is 19.3 Å². The van der Waals surface area contributed by atoms with Crippen LogP contribution in [0.3, 0.4) is 0 Å². The lowest BCUT2D eigenvalue weighted by atomic mass is 10.0. The minimum absolute atomic E-state index is 0.0798. The molecule has 0 aliphatic carbocycles. The number of hydrogen-bond acceptors (Lipinski definition) is 6. The third-order valence-electron chi connectivity index (χ3n) is 13.0. The Hall–Kier alpha value is -3.15. The highest BCUT2D eigenvalue weighted by atomic mass is 16.6. The van der Waals surface area contributed by atoms with Gasteiger partial charge in [-0.25, -0.2) is 0 Å². The Morgan fingerprint density at radius 2 is 0.557 bits per heavy atom. The highest BCUT2D eigenvalue weighted by Gasteiger charge is 2.19. The van der Waals surface area contributed by atoms with Crippen LogP contribution in [0.2, 0.25) is 0 Å². The Morgan fingerprint density at radius 1 is 0.300 bits per heavy atom. The van der Waals surface area contributed by atoms with Crippen molar-refractivity contribution in [1.29, 1.82) is 0 Å². The molecule has 0 N–H and O–H groups in total. The number of ether oxygens (including phenoxy) is 3. The van der Waals surface area contributed by atoms with Crippen LogP contribution in [0, 0.1) is 0 Å². The molecular weight excluding hydrogens is 865 g/mol. The van der Waals surface area contributed by atoms with Gasteiger partial charge in [0.05, 0.1) is 0 Å². The van der Waals surface area contributed by atoms with Crippen LogP contribution in [0.1, 0.15) is 297 Å². The zero-order valence-corrected chi connectivity index (χ0v) is 46.3. The Bertz CT molecular complexity index is 1310. The van der Waals surface area contributed by atoms with Gasteiger partial charge >= 0.3 is 17.9 Å². The Labute approximate surface area is 433 Å². The lowest BCUT2D eigenvalue weighted by Crippen LogP contribution is -2.30. The Balaban J connectivity index is 4.35. The van der Waals surface area contributed by atoms with E-state index in [1.165, 1.54) is 148 Å². The van der Waals surface area contributed by atoms with Crippen molar-refractivity contribution in [3.63, 3.8) is 0 Å². The monoisotopic (exact) mass is 977 g/mol. The fourth-order valence-electron chi connectivity index (χ4n) is 8.51. The van der Waals surface area contributed by atoms with Gasteiger partial charge < -0.3 is 14.2 Å². The van der Waals surface area contributed by atoms with Gasteiger partial charge in [-0.2, -0.15) is 0 Å². The molecule has 0 spiro atoms. The van der Waals surface area contributed by atoms with E-state index in [0.717, 1.165) is 109 Å². The topological polar surface area (TPSA) is 78.9 Å². The summed E-state index contributed by atoms with van der Waals surface area (Å²) in [4.78, 5) is 38.2. The van der Waals surface area contributed by atoms with Crippen molar-refractivity contribution in [3.05, 3.63) is 72.9 Å². The van der Waals surface area contributed by atoms with Crippen LogP contribution < -0.4 is 0 Å². The summed E-state index contributed by atoms with van der Waals surface area (Å²) >= 11 is 0. The normalized spacial score (nSPS) is 12.6. The molecule has 1 atom stereocenters. The fourth-order valence-corrected chi connectivity index (χ4v) is 8.51. The highest BCUT2D eigenvalue weighted by Crippen LogP contribution is 2.16. The number of carbonyl (C=O) groups excluding carboxylic acids is 3. The molecule has 0 saturated heterocycles. The second kappa shape index (κ2) is 58.4. The van der Waals surface area contributed by atoms with Gasteiger partial charge in [-0.15, -0.1) is 0 Å². The van der Waals surface area contributed by atoms with E-state index in [4.69, 9.17) is 14.2 Å². The maximum Gasteiger partial charge on any atom is 0.306 e. The number of allylic oxidation sites excluding steroid dienone is 12. The second-order valence-corrected chi connectivity index (χ2v) is 19.9. The van der Waals surface area contributed by atoms with Crippen LogP contribution in [0.25, 0.3) is 0 Å². The molecule has 0 bridgehead atoms. The smallest absolute Gasteiger partial charge is 0.306 e. The molecule has 0 amide bonds. The molecule has 0 aromatic heterocycles. The maximum atomic E-state index is 12.9. The molecule has 0 heterocycles. The summed E-state index contributed by atoms with van der Waals surface area (Å²) in [5.74, 6) is -0.893. The fraction of sp³-hybridized carbons (Fsp3) is 0.766. The van der Waals surface area contributed by atoms with Crippen LogP contribution >= 0.6 is 0 Å². The number of hydrogen-bond donors (Lipinski definition) is 0. The third-order valence-corrected chi connectivity index (χ3v) is 13.0. The SMILES string of the molecule is CC/C=C\C/C=C\C/C=C\C/C=C\C/C=C\C/C=C\CCCCCCC(=O)OCC(COC(=O)CCCCCCCCCCCCC)OC(=O)CCCCCCCCCCCCCCCCCCCC. The molecule has 0 saturated carbocycles. The van der Waals surface area contributed by atoms with E-state index in [-0.39, 0.29) is 31.1 Å². The highest BCUT2D eigenvalue weighted by molar-refractivity contribution is 5.71. The van der Waals surface area contributed by atoms with Gasteiger partial charge in [0.25, 0.3) is 0 Å². The molecule has 6 heteroatoms. The molecule has 404 valence electrons. The molecule has 0 aromatic rings. The first-order chi connectivity index (χ1) is 34.5. The Morgan fingerprint density at radius 3 is 0.871 bits per heavy atom. The first-order valence-electron chi connectivity index (χ1n) is 29.9. The summed E-state index contributed by atoms with van der Waals surface area (Å²) in [5.41, 5.74) is 0. The van der Waals surface area contributed by atoms with Crippen molar-refractivity contribution in [1.82, 2.24) is 0 Å². The summed E-state index contributed by atoms with van der Waals surface area (Å²) in [6.45, 7) is 6.53. The average Bonchev–Trinajstić information content (AvgIpc) is 3.36. The molecule has 1 unspecified atom stereocenters. The van der Waals surface area contributed by atoms with E-state index < -0.39 is 6.10 Å². The largest absolute Gasteiger partial charge is 0.462 e. The van der Waals surface area contributed by atoms with Crippen LogP contribution in [0.15, 0.2) is 72.9 Å². The summed E-state index contributed by atoms with van der Waals surface area (Å²) in [6, 6.07) is 0. The van der Waals surface area contributed by atoms with Gasteiger partial charge in [-0.05, 0) is 70.6 Å². The molecule has 70 heavy (non-hydrogen) atoms. The number of rotatable bonds is 54. The predicted octanol–water partition coefficient (Wildman–Crippen LogP) is 20.2. The Kier molecular flexibility index (Phi) is 55.8. The lowest BCUT2D eigenvalue weighted by Gasteiger charge is -2.18. The van der Waals surface area contributed by atoms with E-state index in [1.54, 1.807) is 0 Å². The van der Waals surface area contributed by atoms with Crippen molar-refractivity contribution in [2.45, 2.75) is 303 Å². The molecular formula is C64H112O6. The molecule has 0 aliphatic heterocycles. The summed E-state index contributed by atoms with van der Waals surface area (Å²) in [5, 5.41) is 0. The van der Waals surface area contributed by atoms with Crippen molar-refractivity contribution in [2.75, 3.05) is 13.2 Å². The minimum Gasteiger partial charge on any atom is -0.462 e. The maximum absolute atomic E-state index is 12.9. The van der Waals surface area contributed by atoms with Crippen LogP contribution in [-0.2, 0) is 28.6 Å². The third kappa shape index (κ3) is 55.8. The predicted molar refractivity (Wildman–Crippen MR) is 302 cm³/mol. The quantitative estimate of drug-likeness (QED) is 0.0261. The van der Waals surface area contributed by atoms with Gasteiger partial charge in [0.1, 0.15) is 13.2 Å². The second-order valence-electron chi connectivity index (χ2n) is 19.9. The van der Waals surface area contributed by atoms with Gasteiger partial charge in [-0.3, -0.25) is 14.4 Å². The van der Waals surface area contributed by atoms with Crippen molar-refractivity contribution in [3.8, 4) is 0 Å². The van der Waals surface area contributed by atoms with Crippen molar-refractivity contribution < 1.29 is 28.6 Å². The zero-order valence-electron chi connectivity index (χ0n) is 46.3. The van der Waals surface area contributed by atoms with E-state index >= 15 is 0 Å². The number of esters is 3. The molecule has 0 aliphatic rings. The molecule has 0 fully saturated rings. The van der Waals surface area contributed by atoms with E-state index in [2.05, 4.69) is 93.7 Å². The van der Waals surface area contributed by atoms with Gasteiger partial charge in [0, 0.05) is 19.3 Å². The van der Waals surface area contributed by atoms with Crippen LogP contribution in [-0.4, -0.2) is 37.2 Å². The lowest BCUT2D eigenvalue weighted by molar-refractivity contribution is -0.167. The van der Waals surface area contributed by atoms with Gasteiger partial charge in [-0.1, -0.05) is 280 Å². The first kappa shape index (κ1) is 66.9. The van der Waals surface area contributed by atoms with Gasteiger partial charge in [0.2, 0.25) is 0 Å². The van der Waals surface area contributed by atoms with Gasteiger partial charge in [0.15, 0.2) is 6.10 Å². The molecule has 0 radical (unpaired) electrons. The molecule has 0 rings (SSSR count). The van der Waals surface area contributed by atoms with Crippen molar-refractivity contribution >= 4 is 17.9 Å². The van der Waals surface area contributed by atoms with E-state index in [1.807, 2.05) is 0 Å². The van der Waals surface area contributed by atoms with E-state index in [9.17, 15) is 14.4 Å². The number of carbonyl (C=O) groups is 3.